The summed E-state index contributed by atoms with van der Waals surface area (Å²) in [5, 5.41) is 0. The molecule has 2 bridgehead atoms. The number of ether oxygens (including phenoxy) is 4. The van der Waals surface area contributed by atoms with Crippen LogP contribution in [0.2, 0.25) is 0 Å². The molecule has 21 heavy (non-hydrogen) atoms. The van der Waals surface area contributed by atoms with E-state index in [9.17, 15) is 14.4 Å². The van der Waals surface area contributed by atoms with Crippen LogP contribution in [0.15, 0.2) is 12.2 Å². The lowest BCUT2D eigenvalue weighted by Crippen LogP contribution is -2.41. The fourth-order valence-corrected chi connectivity index (χ4v) is 2.60. The summed E-state index contributed by atoms with van der Waals surface area (Å²) in [6, 6.07) is 0. The highest BCUT2D eigenvalue weighted by Gasteiger charge is 2.53. The molecular weight excluding hydrogens is 280 g/mol. The van der Waals surface area contributed by atoms with E-state index in [-0.39, 0.29) is 18.8 Å². The zero-order chi connectivity index (χ0) is 15.6. The monoisotopic (exact) mass is 298 g/mol. The van der Waals surface area contributed by atoms with Gasteiger partial charge in [-0.1, -0.05) is 6.58 Å². The summed E-state index contributed by atoms with van der Waals surface area (Å²) in [6.45, 7) is 4.84. The van der Waals surface area contributed by atoms with Gasteiger partial charge in [0.25, 0.3) is 0 Å². The standard InChI is InChI=1S/C14H18O7/c1-7(2)12(15)20-10-4-8(13(16)19-6-18-3)9-5-11(10)21-14(9)17/h8-11H,1,4-6H2,2-3H3. The van der Waals surface area contributed by atoms with Crippen molar-refractivity contribution in [1.29, 1.82) is 0 Å². The molecule has 0 N–H and O–H groups in total. The molecule has 2 aliphatic rings. The van der Waals surface area contributed by atoms with Gasteiger partial charge in [-0.3, -0.25) is 9.59 Å². The van der Waals surface area contributed by atoms with E-state index >= 15 is 0 Å². The molecule has 2 rings (SSSR count). The van der Waals surface area contributed by atoms with Crippen molar-refractivity contribution in [2.75, 3.05) is 13.9 Å². The number of hydrogen-bond donors (Lipinski definition) is 0. The lowest BCUT2D eigenvalue weighted by molar-refractivity contribution is -0.167. The Morgan fingerprint density at radius 2 is 2.10 bits per heavy atom. The van der Waals surface area contributed by atoms with Crippen LogP contribution in [0.1, 0.15) is 19.8 Å². The summed E-state index contributed by atoms with van der Waals surface area (Å²) in [4.78, 5) is 35.4. The third-order valence-corrected chi connectivity index (χ3v) is 3.67. The quantitative estimate of drug-likeness (QED) is 0.317. The van der Waals surface area contributed by atoms with Crippen molar-refractivity contribution in [2.24, 2.45) is 11.8 Å². The number of methoxy groups -OCH3 is 1. The first-order valence-corrected chi connectivity index (χ1v) is 6.66. The summed E-state index contributed by atoms with van der Waals surface area (Å²) in [5.41, 5.74) is 0.250. The lowest BCUT2D eigenvalue weighted by Gasteiger charge is -2.30. The maximum Gasteiger partial charge on any atom is 0.333 e. The molecule has 1 saturated carbocycles. The van der Waals surface area contributed by atoms with E-state index < -0.39 is 42.0 Å². The zero-order valence-electron chi connectivity index (χ0n) is 12.0. The van der Waals surface area contributed by atoms with Gasteiger partial charge >= 0.3 is 17.9 Å². The zero-order valence-corrected chi connectivity index (χ0v) is 12.0. The molecule has 0 aromatic rings. The number of hydrogen-bond acceptors (Lipinski definition) is 7. The highest BCUT2D eigenvalue weighted by Crippen LogP contribution is 2.40. The van der Waals surface area contributed by atoms with Crippen molar-refractivity contribution in [3.63, 3.8) is 0 Å². The van der Waals surface area contributed by atoms with E-state index in [0.29, 0.717) is 6.42 Å². The molecule has 1 heterocycles. The van der Waals surface area contributed by atoms with Crippen molar-refractivity contribution < 1.29 is 33.3 Å². The van der Waals surface area contributed by atoms with Gasteiger partial charge in [0.05, 0.1) is 11.8 Å². The molecule has 7 nitrogen and oxygen atoms in total. The SMILES string of the molecule is C=C(C)C(=O)OC1CC(C(=O)OCOC)C2CC1OC2=O. The molecule has 0 aromatic carbocycles. The first-order chi connectivity index (χ1) is 9.93. The predicted octanol–water partition coefficient (Wildman–Crippen LogP) is 0.573. The molecule has 4 atom stereocenters. The minimum absolute atomic E-state index is 0.184. The van der Waals surface area contributed by atoms with Gasteiger partial charge in [0.2, 0.25) is 0 Å². The fourth-order valence-electron chi connectivity index (χ4n) is 2.60. The average Bonchev–Trinajstić information content (AvgIpc) is 2.76. The fraction of sp³-hybridized carbons (Fsp3) is 0.643. The van der Waals surface area contributed by atoms with Crippen LogP contribution in [-0.4, -0.2) is 44.0 Å². The second-order valence-electron chi connectivity index (χ2n) is 5.25. The molecule has 1 aliphatic heterocycles. The summed E-state index contributed by atoms with van der Waals surface area (Å²) < 4.78 is 20.0. The van der Waals surface area contributed by atoms with Gasteiger partial charge in [-0.2, -0.15) is 0 Å². The Bertz CT molecular complexity index is 470. The van der Waals surface area contributed by atoms with Crippen molar-refractivity contribution in [2.45, 2.75) is 32.0 Å². The Balaban J connectivity index is 2.08. The second-order valence-corrected chi connectivity index (χ2v) is 5.25. The number of carbonyl (C=O) groups is 3. The van der Waals surface area contributed by atoms with Crippen LogP contribution in [0.5, 0.6) is 0 Å². The van der Waals surface area contributed by atoms with Crippen LogP contribution < -0.4 is 0 Å². The van der Waals surface area contributed by atoms with Gasteiger partial charge < -0.3 is 18.9 Å². The third-order valence-electron chi connectivity index (χ3n) is 3.67. The molecule has 7 heteroatoms. The minimum Gasteiger partial charge on any atom is -0.458 e. The van der Waals surface area contributed by atoms with E-state index in [4.69, 9.17) is 14.2 Å². The number of esters is 3. The largest absolute Gasteiger partial charge is 0.458 e. The van der Waals surface area contributed by atoms with Crippen LogP contribution in [0, 0.1) is 11.8 Å². The number of rotatable bonds is 5. The number of carbonyl (C=O) groups excluding carboxylic acids is 3. The summed E-state index contributed by atoms with van der Waals surface area (Å²) >= 11 is 0. The van der Waals surface area contributed by atoms with Gasteiger partial charge in [0.1, 0.15) is 12.2 Å². The van der Waals surface area contributed by atoms with Crippen LogP contribution in [-0.2, 0) is 33.3 Å². The van der Waals surface area contributed by atoms with Gasteiger partial charge in [0, 0.05) is 25.5 Å². The molecule has 0 amide bonds. The van der Waals surface area contributed by atoms with Crippen LogP contribution in [0.25, 0.3) is 0 Å². The van der Waals surface area contributed by atoms with E-state index in [1.54, 1.807) is 0 Å². The van der Waals surface area contributed by atoms with Crippen LogP contribution in [0.4, 0.5) is 0 Å². The highest BCUT2D eigenvalue weighted by atomic mass is 16.7. The highest BCUT2D eigenvalue weighted by molar-refractivity contribution is 5.87. The molecule has 0 radical (unpaired) electrons. The van der Waals surface area contributed by atoms with Gasteiger partial charge in [0.15, 0.2) is 6.79 Å². The molecule has 0 aromatic heterocycles. The predicted molar refractivity (Wildman–Crippen MR) is 68.8 cm³/mol. The molecule has 4 unspecified atom stereocenters. The summed E-state index contributed by atoms with van der Waals surface area (Å²) in [6.07, 6.45) is -0.614. The Kier molecular flexibility index (Phi) is 4.62. The Hall–Kier alpha value is -1.89. The minimum atomic E-state index is -0.686. The van der Waals surface area contributed by atoms with Crippen LogP contribution in [0.3, 0.4) is 0 Å². The maximum absolute atomic E-state index is 12.0. The molecular formula is C14H18O7. The van der Waals surface area contributed by atoms with E-state index in [0.717, 1.165) is 0 Å². The van der Waals surface area contributed by atoms with E-state index in [1.807, 2.05) is 0 Å². The molecule has 0 spiro atoms. The Morgan fingerprint density at radius 3 is 2.71 bits per heavy atom. The first-order valence-electron chi connectivity index (χ1n) is 6.66. The van der Waals surface area contributed by atoms with Crippen molar-refractivity contribution in [3.05, 3.63) is 12.2 Å². The Labute approximate surface area is 122 Å². The van der Waals surface area contributed by atoms with Gasteiger partial charge in [-0.05, 0) is 6.92 Å². The summed E-state index contributed by atoms with van der Waals surface area (Å²) in [5.74, 6) is -2.79. The molecule has 1 aliphatic carbocycles. The molecule has 116 valence electrons. The van der Waals surface area contributed by atoms with Crippen molar-refractivity contribution in [3.8, 4) is 0 Å². The maximum atomic E-state index is 12.0. The first kappa shape index (κ1) is 15.5. The normalized spacial score (nSPS) is 30.5. The average molecular weight is 298 g/mol. The van der Waals surface area contributed by atoms with E-state index in [2.05, 4.69) is 11.3 Å². The molecule has 2 fully saturated rings. The lowest BCUT2D eigenvalue weighted by atomic mass is 9.78. The topological polar surface area (TPSA) is 88.1 Å². The summed E-state index contributed by atoms with van der Waals surface area (Å²) in [7, 11) is 1.39. The second kappa shape index (κ2) is 6.26. The number of fused-ring (bicyclic) bond motifs is 2. The Morgan fingerprint density at radius 1 is 1.38 bits per heavy atom. The van der Waals surface area contributed by atoms with Crippen LogP contribution >= 0.6 is 0 Å². The smallest absolute Gasteiger partial charge is 0.333 e. The van der Waals surface area contributed by atoms with Gasteiger partial charge in [-0.25, -0.2) is 4.79 Å². The van der Waals surface area contributed by atoms with E-state index in [1.165, 1.54) is 14.0 Å². The van der Waals surface area contributed by atoms with Crippen molar-refractivity contribution >= 4 is 17.9 Å². The van der Waals surface area contributed by atoms with Crippen molar-refractivity contribution in [1.82, 2.24) is 0 Å². The molecule has 1 saturated heterocycles. The third kappa shape index (κ3) is 3.24. The van der Waals surface area contributed by atoms with Gasteiger partial charge in [-0.15, -0.1) is 0 Å².